The Kier molecular flexibility index (Phi) is 4.21. The van der Waals surface area contributed by atoms with Crippen LogP contribution in [0.1, 0.15) is 11.4 Å². The molecular formula is C15H13F2N5O2S. The molecule has 3 rings (SSSR count). The number of sulfonamides is 1. The molecule has 0 bridgehead atoms. The molecule has 0 saturated carbocycles. The van der Waals surface area contributed by atoms with Crippen LogP contribution in [0.3, 0.4) is 0 Å². The number of hydrogen-bond donors (Lipinski definition) is 1. The first-order valence-corrected chi connectivity index (χ1v) is 8.60. The van der Waals surface area contributed by atoms with E-state index < -0.39 is 21.7 Å². The first-order chi connectivity index (χ1) is 11.8. The van der Waals surface area contributed by atoms with Crippen LogP contribution < -0.4 is 4.72 Å². The smallest absolute Gasteiger partial charge is 0.262 e. The maximum Gasteiger partial charge on any atom is 0.262 e. The fourth-order valence-corrected chi connectivity index (χ4v) is 3.59. The lowest BCUT2D eigenvalue weighted by Gasteiger charge is -2.12. The highest BCUT2D eigenvalue weighted by Crippen LogP contribution is 2.24. The number of tetrazole rings is 1. The molecule has 0 aliphatic heterocycles. The Morgan fingerprint density at radius 3 is 2.48 bits per heavy atom. The summed E-state index contributed by atoms with van der Waals surface area (Å²) in [7, 11) is -4.10. The normalized spacial score (nSPS) is 11.5. The number of aromatic nitrogens is 4. The van der Waals surface area contributed by atoms with Crippen molar-refractivity contribution in [3.05, 3.63) is 59.4 Å². The molecular weight excluding hydrogens is 352 g/mol. The average Bonchev–Trinajstić information content (AvgIpc) is 2.95. The van der Waals surface area contributed by atoms with Gasteiger partial charge in [0.05, 0.1) is 16.3 Å². The van der Waals surface area contributed by atoms with Crippen molar-refractivity contribution in [2.75, 3.05) is 4.72 Å². The van der Waals surface area contributed by atoms with E-state index in [2.05, 4.69) is 20.2 Å². The standard InChI is InChI=1S/C15H13F2N5O2S/c1-9-7-11(16)3-6-15(9)25(23,24)19-14-8-12(4-5-13(14)17)22-10(2)18-20-21-22/h3-8,19H,1-2H3. The Hall–Kier alpha value is -2.88. The zero-order chi connectivity index (χ0) is 18.2. The third kappa shape index (κ3) is 3.33. The first-order valence-electron chi connectivity index (χ1n) is 7.12. The van der Waals surface area contributed by atoms with E-state index in [0.717, 1.165) is 24.3 Å². The van der Waals surface area contributed by atoms with Gasteiger partial charge in [-0.3, -0.25) is 4.72 Å². The number of anilines is 1. The molecule has 1 aromatic heterocycles. The highest BCUT2D eigenvalue weighted by Gasteiger charge is 2.20. The van der Waals surface area contributed by atoms with Crippen molar-refractivity contribution >= 4 is 15.7 Å². The third-order valence-corrected chi connectivity index (χ3v) is 5.02. The van der Waals surface area contributed by atoms with Gasteiger partial charge in [-0.05, 0) is 66.2 Å². The largest absolute Gasteiger partial charge is 0.277 e. The van der Waals surface area contributed by atoms with Gasteiger partial charge in [0.15, 0.2) is 5.82 Å². The van der Waals surface area contributed by atoms with E-state index in [1.54, 1.807) is 6.92 Å². The molecule has 7 nitrogen and oxygen atoms in total. The number of hydrogen-bond acceptors (Lipinski definition) is 5. The van der Waals surface area contributed by atoms with Gasteiger partial charge in [0.1, 0.15) is 11.6 Å². The lowest BCUT2D eigenvalue weighted by Crippen LogP contribution is -2.16. The molecule has 2 aromatic carbocycles. The third-order valence-electron chi connectivity index (χ3n) is 3.49. The van der Waals surface area contributed by atoms with Crippen molar-refractivity contribution in [2.45, 2.75) is 18.7 Å². The Bertz CT molecular complexity index is 1050. The Morgan fingerprint density at radius 1 is 1.08 bits per heavy atom. The maximum atomic E-state index is 14.1. The Labute approximate surface area is 142 Å². The molecule has 0 unspecified atom stereocenters. The van der Waals surface area contributed by atoms with Crippen LogP contribution in [0.4, 0.5) is 14.5 Å². The first kappa shape index (κ1) is 17.0. The van der Waals surface area contributed by atoms with Crippen molar-refractivity contribution in [2.24, 2.45) is 0 Å². The van der Waals surface area contributed by atoms with E-state index in [9.17, 15) is 17.2 Å². The summed E-state index contributed by atoms with van der Waals surface area (Å²) in [5, 5.41) is 11.0. The van der Waals surface area contributed by atoms with Gasteiger partial charge < -0.3 is 0 Å². The summed E-state index contributed by atoms with van der Waals surface area (Å²) in [6.45, 7) is 3.10. The molecule has 0 amide bonds. The fraction of sp³-hybridized carbons (Fsp3) is 0.133. The molecule has 3 aromatic rings. The SMILES string of the molecule is Cc1cc(F)ccc1S(=O)(=O)Nc1cc(-n2nnnc2C)ccc1F. The summed E-state index contributed by atoms with van der Waals surface area (Å²) in [6, 6.07) is 7.03. The molecule has 1 N–H and O–H groups in total. The number of benzene rings is 2. The van der Waals surface area contributed by atoms with Crippen LogP contribution in [0.25, 0.3) is 5.69 Å². The molecule has 0 radical (unpaired) electrons. The van der Waals surface area contributed by atoms with Crippen LogP contribution in [-0.2, 0) is 10.0 Å². The quantitative estimate of drug-likeness (QED) is 0.767. The van der Waals surface area contributed by atoms with Gasteiger partial charge in [-0.15, -0.1) is 5.10 Å². The van der Waals surface area contributed by atoms with Crippen molar-refractivity contribution in [3.63, 3.8) is 0 Å². The number of nitrogens with one attached hydrogen (secondary N) is 1. The molecule has 0 spiro atoms. The van der Waals surface area contributed by atoms with Crippen LogP contribution in [-0.4, -0.2) is 28.6 Å². The zero-order valence-electron chi connectivity index (χ0n) is 13.2. The minimum atomic E-state index is -4.10. The summed E-state index contributed by atoms with van der Waals surface area (Å²) in [5.41, 5.74) is 0.328. The molecule has 0 saturated heterocycles. The van der Waals surface area contributed by atoms with Gasteiger partial charge in [-0.25, -0.2) is 17.2 Å². The summed E-state index contributed by atoms with van der Waals surface area (Å²) in [6.07, 6.45) is 0. The summed E-state index contributed by atoms with van der Waals surface area (Å²) in [4.78, 5) is -0.141. The predicted octanol–water partition coefficient (Wildman–Crippen LogP) is 2.36. The van der Waals surface area contributed by atoms with Crippen molar-refractivity contribution in [1.29, 1.82) is 0 Å². The molecule has 0 fully saturated rings. The second-order valence-corrected chi connectivity index (χ2v) is 6.97. The van der Waals surface area contributed by atoms with Gasteiger partial charge in [-0.1, -0.05) is 0 Å². The summed E-state index contributed by atoms with van der Waals surface area (Å²) >= 11 is 0. The number of aryl methyl sites for hydroxylation is 2. The van der Waals surface area contributed by atoms with E-state index in [-0.39, 0.29) is 16.1 Å². The van der Waals surface area contributed by atoms with Crippen LogP contribution >= 0.6 is 0 Å². The highest BCUT2D eigenvalue weighted by molar-refractivity contribution is 7.92. The summed E-state index contributed by atoms with van der Waals surface area (Å²) < 4.78 is 55.8. The van der Waals surface area contributed by atoms with Gasteiger partial charge >= 0.3 is 0 Å². The van der Waals surface area contributed by atoms with Gasteiger partial charge in [0.2, 0.25) is 0 Å². The lowest BCUT2D eigenvalue weighted by atomic mass is 10.2. The van der Waals surface area contributed by atoms with E-state index in [0.29, 0.717) is 11.5 Å². The maximum absolute atomic E-state index is 14.1. The van der Waals surface area contributed by atoms with Gasteiger partial charge in [0.25, 0.3) is 10.0 Å². The van der Waals surface area contributed by atoms with E-state index in [1.165, 1.54) is 23.7 Å². The predicted molar refractivity (Wildman–Crippen MR) is 85.8 cm³/mol. The number of nitrogens with zero attached hydrogens (tertiary/aromatic N) is 4. The molecule has 0 atom stereocenters. The van der Waals surface area contributed by atoms with Gasteiger partial charge in [-0.2, -0.15) is 4.68 Å². The lowest BCUT2D eigenvalue weighted by molar-refractivity contribution is 0.596. The molecule has 10 heteroatoms. The minimum absolute atomic E-state index is 0.141. The Morgan fingerprint density at radius 2 is 1.84 bits per heavy atom. The number of halogens is 2. The van der Waals surface area contributed by atoms with Crippen LogP contribution in [0.2, 0.25) is 0 Å². The molecule has 0 aliphatic rings. The molecule has 0 aliphatic carbocycles. The number of rotatable bonds is 4. The van der Waals surface area contributed by atoms with Crippen LogP contribution in [0, 0.1) is 25.5 Å². The van der Waals surface area contributed by atoms with Crippen LogP contribution in [0.5, 0.6) is 0 Å². The summed E-state index contributed by atoms with van der Waals surface area (Å²) in [5.74, 6) is -0.869. The molecule has 25 heavy (non-hydrogen) atoms. The highest BCUT2D eigenvalue weighted by atomic mass is 32.2. The topological polar surface area (TPSA) is 89.8 Å². The van der Waals surface area contributed by atoms with Crippen molar-refractivity contribution in [3.8, 4) is 5.69 Å². The monoisotopic (exact) mass is 365 g/mol. The fourth-order valence-electron chi connectivity index (χ4n) is 2.31. The Balaban J connectivity index is 2.01. The van der Waals surface area contributed by atoms with Crippen LogP contribution in [0.15, 0.2) is 41.3 Å². The van der Waals surface area contributed by atoms with E-state index in [1.807, 2.05) is 0 Å². The van der Waals surface area contributed by atoms with Crippen molar-refractivity contribution in [1.82, 2.24) is 20.2 Å². The second kappa shape index (κ2) is 6.20. The van der Waals surface area contributed by atoms with Crippen molar-refractivity contribution < 1.29 is 17.2 Å². The second-order valence-electron chi connectivity index (χ2n) is 5.32. The zero-order valence-corrected chi connectivity index (χ0v) is 14.1. The van der Waals surface area contributed by atoms with E-state index in [4.69, 9.17) is 0 Å². The van der Waals surface area contributed by atoms with Gasteiger partial charge in [0, 0.05) is 0 Å². The molecule has 130 valence electrons. The average molecular weight is 365 g/mol. The minimum Gasteiger partial charge on any atom is -0.277 e. The van der Waals surface area contributed by atoms with E-state index >= 15 is 0 Å². The molecule has 1 heterocycles.